The Labute approximate surface area is 171 Å². The fraction of sp³-hybridized carbons (Fsp3) is 0.348. The number of nitriles is 1. The summed E-state index contributed by atoms with van der Waals surface area (Å²) in [5, 5.41) is 12.2. The summed E-state index contributed by atoms with van der Waals surface area (Å²) < 4.78 is 0. The summed E-state index contributed by atoms with van der Waals surface area (Å²) in [5.41, 5.74) is 2.21. The Kier molecular flexibility index (Phi) is 7.37. The Morgan fingerprint density at radius 3 is 2.34 bits per heavy atom. The zero-order chi connectivity index (χ0) is 20.5. The maximum atomic E-state index is 13.1. The molecular formula is C23H26N4O2. The van der Waals surface area contributed by atoms with Crippen LogP contribution in [0.4, 0.5) is 0 Å². The first-order valence-electron chi connectivity index (χ1n) is 9.99. The number of hydrogen-bond donors (Lipinski definition) is 1. The summed E-state index contributed by atoms with van der Waals surface area (Å²) >= 11 is 0. The largest absolute Gasteiger partial charge is 0.340 e. The highest BCUT2D eigenvalue weighted by atomic mass is 16.2. The quantitative estimate of drug-likeness (QED) is 0.785. The van der Waals surface area contributed by atoms with E-state index in [0.29, 0.717) is 43.7 Å². The minimum atomic E-state index is -0.112. The van der Waals surface area contributed by atoms with Gasteiger partial charge >= 0.3 is 0 Å². The number of carbonyl (C=O) groups excluding carboxylic acids is 2. The van der Waals surface area contributed by atoms with Crippen LogP contribution in [-0.4, -0.2) is 60.9 Å². The van der Waals surface area contributed by atoms with Crippen molar-refractivity contribution in [3.63, 3.8) is 0 Å². The van der Waals surface area contributed by atoms with Crippen molar-refractivity contribution in [3.05, 3.63) is 71.3 Å². The van der Waals surface area contributed by atoms with Gasteiger partial charge in [0.1, 0.15) is 0 Å². The Morgan fingerprint density at radius 1 is 1.00 bits per heavy atom. The lowest BCUT2D eigenvalue weighted by Gasteiger charge is -2.29. The SMILES string of the molecule is N#Cc1ccc(C(=O)N(CCC(=O)N2CCNCC2)CCc2ccccc2)cc1. The van der Waals surface area contributed by atoms with Gasteiger partial charge in [-0.1, -0.05) is 30.3 Å². The first-order chi connectivity index (χ1) is 14.2. The van der Waals surface area contributed by atoms with Crippen molar-refractivity contribution in [2.45, 2.75) is 12.8 Å². The molecule has 1 N–H and O–H groups in total. The molecule has 0 unspecified atom stereocenters. The lowest BCUT2D eigenvalue weighted by molar-refractivity contribution is -0.131. The minimum Gasteiger partial charge on any atom is -0.340 e. The van der Waals surface area contributed by atoms with Gasteiger partial charge < -0.3 is 15.1 Å². The second-order valence-electron chi connectivity index (χ2n) is 7.10. The predicted octanol–water partition coefficient (Wildman–Crippen LogP) is 2.07. The molecule has 6 heteroatoms. The average molecular weight is 390 g/mol. The van der Waals surface area contributed by atoms with E-state index >= 15 is 0 Å². The molecule has 3 rings (SSSR count). The lowest BCUT2D eigenvalue weighted by atomic mass is 10.1. The zero-order valence-electron chi connectivity index (χ0n) is 16.5. The maximum absolute atomic E-state index is 13.1. The molecule has 29 heavy (non-hydrogen) atoms. The highest BCUT2D eigenvalue weighted by molar-refractivity contribution is 5.94. The third-order valence-corrected chi connectivity index (χ3v) is 5.13. The summed E-state index contributed by atoms with van der Waals surface area (Å²) in [6.07, 6.45) is 1.04. The first-order valence-corrected chi connectivity index (χ1v) is 9.99. The molecule has 6 nitrogen and oxygen atoms in total. The smallest absolute Gasteiger partial charge is 0.253 e. The van der Waals surface area contributed by atoms with Crippen LogP contribution >= 0.6 is 0 Å². The fourth-order valence-corrected chi connectivity index (χ4v) is 3.40. The highest BCUT2D eigenvalue weighted by Crippen LogP contribution is 2.11. The molecule has 0 radical (unpaired) electrons. The number of nitrogens with zero attached hydrogens (tertiary/aromatic N) is 3. The number of carbonyl (C=O) groups is 2. The second kappa shape index (κ2) is 10.4. The summed E-state index contributed by atoms with van der Waals surface area (Å²) in [6.45, 7) is 3.98. The minimum absolute atomic E-state index is 0.0869. The Morgan fingerprint density at radius 2 is 1.69 bits per heavy atom. The predicted molar refractivity (Wildman–Crippen MR) is 111 cm³/mol. The second-order valence-corrected chi connectivity index (χ2v) is 7.10. The zero-order valence-corrected chi connectivity index (χ0v) is 16.5. The molecule has 2 aromatic rings. The van der Waals surface area contributed by atoms with Crippen molar-refractivity contribution < 1.29 is 9.59 Å². The molecular weight excluding hydrogens is 364 g/mol. The summed E-state index contributed by atoms with van der Waals surface area (Å²) in [7, 11) is 0. The van der Waals surface area contributed by atoms with E-state index in [4.69, 9.17) is 5.26 Å². The maximum Gasteiger partial charge on any atom is 0.253 e. The molecule has 0 spiro atoms. The van der Waals surface area contributed by atoms with Crippen LogP contribution in [0.3, 0.4) is 0 Å². The van der Waals surface area contributed by atoms with Gasteiger partial charge in [0.2, 0.25) is 5.91 Å². The van der Waals surface area contributed by atoms with Crippen LogP contribution in [0.5, 0.6) is 0 Å². The summed E-state index contributed by atoms with van der Waals surface area (Å²) in [6, 6.07) is 18.7. The van der Waals surface area contributed by atoms with Gasteiger partial charge in [-0.3, -0.25) is 9.59 Å². The third kappa shape index (κ3) is 5.90. The van der Waals surface area contributed by atoms with E-state index in [1.165, 1.54) is 0 Å². The topological polar surface area (TPSA) is 76.4 Å². The van der Waals surface area contributed by atoms with Gasteiger partial charge in [0.05, 0.1) is 11.6 Å². The van der Waals surface area contributed by atoms with Crippen molar-refractivity contribution >= 4 is 11.8 Å². The number of amides is 2. The van der Waals surface area contributed by atoms with Crippen molar-refractivity contribution in [2.75, 3.05) is 39.3 Å². The number of benzene rings is 2. The highest BCUT2D eigenvalue weighted by Gasteiger charge is 2.20. The molecule has 1 heterocycles. The van der Waals surface area contributed by atoms with Gasteiger partial charge in [0, 0.05) is 51.3 Å². The number of piperazine rings is 1. The third-order valence-electron chi connectivity index (χ3n) is 5.13. The van der Waals surface area contributed by atoms with Crippen LogP contribution in [0.15, 0.2) is 54.6 Å². The molecule has 1 aliphatic rings. The fourth-order valence-electron chi connectivity index (χ4n) is 3.40. The molecule has 150 valence electrons. The Bertz CT molecular complexity index is 853. The molecule has 0 aliphatic carbocycles. The van der Waals surface area contributed by atoms with Crippen LogP contribution in [0.25, 0.3) is 0 Å². The van der Waals surface area contributed by atoms with Gasteiger partial charge in [-0.25, -0.2) is 0 Å². The summed E-state index contributed by atoms with van der Waals surface area (Å²) in [5.74, 6) is -0.0256. The van der Waals surface area contributed by atoms with E-state index in [1.807, 2.05) is 35.2 Å². The molecule has 2 amide bonds. The molecule has 0 atom stereocenters. The van der Waals surface area contributed by atoms with Gasteiger partial charge in [-0.15, -0.1) is 0 Å². The standard InChI is InChI=1S/C23H26N4O2/c24-18-20-6-8-21(9-7-20)23(29)27(14-10-19-4-2-1-3-5-19)15-11-22(28)26-16-12-25-13-17-26/h1-9,25H,10-17H2. The van der Waals surface area contributed by atoms with Gasteiger partial charge in [-0.05, 0) is 36.2 Å². The molecule has 0 bridgehead atoms. The molecule has 1 aliphatic heterocycles. The molecule has 1 saturated heterocycles. The molecule has 0 aromatic heterocycles. The molecule has 1 fully saturated rings. The van der Waals surface area contributed by atoms with Crippen molar-refractivity contribution in [2.24, 2.45) is 0 Å². The van der Waals surface area contributed by atoms with Gasteiger partial charge in [0.25, 0.3) is 5.91 Å². The van der Waals surface area contributed by atoms with Crippen LogP contribution < -0.4 is 5.32 Å². The van der Waals surface area contributed by atoms with Gasteiger partial charge in [0.15, 0.2) is 0 Å². The van der Waals surface area contributed by atoms with Gasteiger partial charge in [-0.2, -0.15) is 5.26 Å². The van der Waals surface area contributed by atoms with E-state index < -0.39 is 0 Å². The van der Waals surface area contributed by atoms with E-state index in [2.05, 4.69) is 11.4 Å². The lowest BCUT2D eigenvalue weighted by Crippen LogP contribution is -2.47. The monoisotopic (exact) mass is 390 g/mol. The number of nitrogens with one attached hydrogen (secondary N) is 1. The number of rotatable bonds is 7. The van der Waals surface area contributed by atoms with Crippen LogP contribution in [0.1, 0.15) is 27.9 Å². The first kappa shape index (κ1) is 20.6. The van der Waals surface area contributed by atoms with Crippen LogP contribution in [0, 0.1) is 11.3 Å². The van der Waals surface area contributed by atoms with E-state index in [1.54, 1.807) is 29.2 Å². The van der Waals surface area contributed by atoms with Crippen molar-refractivity contribution in [1.82, 2.24) is 15.1 Å². The molecule has 0 saturated carbocycles. The van der Waals surface area contributed by atoms with Crippen LogP contribution in [-0.2, 0) is 11.2 Å². The molecule has 2 aromatic carbocycles. The number of hydrogen-bond acceptors (Lipinski definition) is 4. The Balaban J connectivity index is 1.66. The van der Waals surface area contributed by atoms with E-state index in [9.17, 15) is 9.59 Å². The normalized spacial score (nSPS) is 13.6. The van der Waals surface area contributed by atoms with E-state index in [-0.39, 0.29) is 11.8 Å². The van der Waals surface area contributed by atoms with Crippen molar-refractivity contribution in [3.8, 4) is 6.07 Å². The average Bonchev–Trinajstić information content (AvgIpc) is 2.80. The summed E-state index contributed by atoms with van der Waals surface area (Å²) in [4.78, 5) is 29.2. The van der Waals surface area contributed by atoms with E-state index in [0.717, 1.165) is 25.1 Å². The van der Waals surface area contributed by atoms with Crippen LogP contribution in [0.2, 0.25) is 0 Å². The Hall–Kier alpha value is -3.17. The van der Waals surface area contributed by atoms with Crippen molar-refractivity contribution in [1.29, 1.82) is 5.26 Å².